The van der Waals surface area contributed by atoms with Crippen molar-refractivity contribution in [2.24, 2.45) is 0 Å². The summed E-state index contributed by atoms with van der Waals surface area (Å²) in [7, 11) is 0. The van der Waals surface area contributed by atoms with Crippen molar-refractivity contribution < 1.29 is 0 Å². The number of thioether (sulfide) groups is 1. The van der Waals surface area contributed by atoms with Crippen LogP contribution in [0, 0.1) is 12.3 Å². The van der Waals surface area contributed by atoms with Crippen molar-refractivity contribution in [2.75, 3.05) is 6.26 Å². The Hall–Kier alpha value is -0.870. The molecule has 0 heterocycles. The Morgan fingerprint density at radius 1 is 1.38 bits per heavy atom. The molecule has 0 aliphatic rings. The number of benzene rings is 1. The minimum absolute atomic E-state index is 0.473. The molecule has 68 valence electrons. The third-order valence-corrected chi connectivity index (χ3v) is 2.85. The predicted octanol–water partition coefficient (Wildman–Crippen LogP) is 3.54. The van der Waals surface area contributed by atoms with Gasteiger partial charge in [-0.2, -0.15) is 0 Å². The summed E-state index contributed by atoms with van der Waals surface area (Å²) in [5.41, 5.74) is 1.33. The van der Waals surface area contributed by atoms with E-state index >= 15 is 0 Å². The van der Waals surface area contributed by atoms with E-state index in [-0.39, 0.29) is 0 Å². The summed E-state index contributed by atoms with van der Waals surface area (Å²) in [6, 6.07) is 8.61. The fraction of sp³-hybridized carbons (Fsp3) is 0.333. The van der Waals surface area contributed by atoms with Crippen LogP contribution in [0.5, 0.6) is 0 Å². The topological polar surface area (TPSA) is 0 Å². The zero-order valence-corrected chi connectivity index (χ0v) is 8.90. The van der Waals surface area contributed by atoms with E-state index in [1.165, 1.54) is 10.5 Å². The van der Waals surface area contributed by atoms with Crippen molar-refractivity contribution in [3.63, 3.8) is 0 Å². The number of terminal acetylenes is 1. The molecule has 0 N–H and O–H groups in total. The van der Waals surface area contributed by atoms with Gasteiger partial charge < -0.3 is 0 Å². The van der Waals surface area contributed by atoms with Crippen LogP contribution in [0.2, 0.25) is 0 Å². The van der Waals surface area contributed by atoms with Gasteiger partial charge in [0.15, 0.2) is 0 Å². The summed E-state index contributed by atoms with van der Waals surface area (Å²) in [6.07, 6.45) is 8.17. The molecule has 1 atom stereocenters. The number of hydrogen-bond donors (Lipinski definition) is 0. The lowest BCUT2D eigenvalue weighted by Crippen LogP contribution is -1.90. The third kappa shape index (κ3) is 2.82. The van der Waals surface area contributed by atoms with Crippen LogP contribution < -0.4 is 0 Å². The van der Waals surface area contributed by atoms with E-state index in [0.717, 1.165) is 6.42 Å². The molecule has 0 spiro atoms. The Bertz CT molecular complexity index is 292. The normalized spacial score (nSPS) is 12.1. The molecule has 0 bridgehead atoms. The van der Waals surface area contributed by atoms with Crippen LogP contribution in [0.15, 0.2) is 29.2 Å². The van der Waals surface area contributed by atoms with Gasteiger partial charge in [0.1, 0.15) is 0 Å². The van der Waals surface area contributed by atoms with Gasteiger partial charge in [-0.25, -0.2) is 0 Å². The van der Waals surface area contributed by atoms with Crippen LogP contribution in [0.3, 0.4) is 0 Å². The van der Waals surface area contributed by atoms with Crippen LogP contribution in [-0.4, -0.2) is 6.26 Å². The van der Waals surface area contributed by atoms with Crippen LogP contribution in [-0.2, 0) is 0 Å². The van der Waals surface area contributed by atoms with Gasteiger partial charge >= 0.3 is 0 Å². The van der Waals surface area contributed by atoms with E-state index in [1.54, 1.807) is 11.8 Å². The highest BCUT2D eigenvalue weighted by Crippen LogP contribution is 2.21. The largest absolute Gasteiger partial charge is 0.130 e. The van der Waals surface area contributed by atoms with Gasteiger partial charge in [0.05, 0.1) is 0 Å². The van der Waals surface area contributed by atoms with Crippen molar-refractivity contribution in [3.05, 3.63) is 29.8 Å². The first-order valence-electron chi connectivity index (χ1n) is 4.35. The summed E-state index contributed by atoms with van der Waals surface area (Å²) in [5, 5.41) is 0. The lowest BCUT2D eigenvalue weighted by molar-refractivity contribution is 0.795. The molecule has 0 aliphatic heterocycles. The van der Waals surface area contributed by atoms with E-state index < -0.39 is 0 Å². The van der Waals surface area contributed by atoms with Crippen LogP contribution in [0.1, 0.15) is 24.8 Å². The average Bonchev–Trinajstić information content (AvgIpc) is 2.18. The lowest BCUT2D eigenvalue weighted by atomic mass is 9.98. The fourth-order valence-electron chi connectivity index (χ4n) is 1.23. The second-order valence-electron chi connectivity index (χ2n) is 3.08. The second-order valence-corrected chi connectivity index (χ2v) is 3.96. The van der Waals surface area contributed by atoms with Crippen molar-refractivity contribution in [2.45, 2.75) is 24.2 Å². The first-order valence-corrected chi connectivity index (χ1v) is 5.57. The Balaban J connectivity index is 2.74. The summed E-state index contributed by atoms with van der Waals surface area (Å²) < 4.78 is 0. The monoisotopic (exact) mass is 190 g/mol. The standard InChI is InChI=1S/C12H14S/c1-4-5-10(2)11-6-8-12(13-3)9-7-11/h1,6-10H,5H2,2-3H3. The van der Waals surface area contributed by atoms with E-state index in [2.05, 4.69) is 43.4 Å². The molecule has 1 heteroatoms. The van der Waals surface area contributed by atoms with Crippen molar-refractivity contribution in [3.8, 4) is 12.3 Å². The molecule has 13 heavy (non-hydrogen) atoms. The molecule has 0 saturated carbocycles. The van der Waals surface area contributed by atoms with Gasteiger partial charge in [-0.05, 0) is 29.9 Å². The fourth-order valence-corrected chi connectivity index (χ4v) is 1.64. The number of hydrogen-bond acceptors (Lipinski definition) is 1. The van der Waals surface area contributed by atoms with E-state index in [4.69, 9.17) is 6.42 Å². The summed E-state index contributed by atoms with van der Waals surface area (Å²) in [6.45, 7) is 2.16. The van der Waals surface area contributed by atoms with Crippen LogP contribution in [0.25, 0.3) is 0 Å². The maximum absolute atomic E-state index is 5.27. The molecule has 0 radical (unpaired) electrons. The molecular weight excluding hydrogens is 176 g/mol. The van der Waals surface area contributed by atoms with Gasteiger partial charge in [-0.1, -0.05) is 19.1 Å². The second kappa shape index (κ2) is 4.99. The van der Waals surface area contributed by atoms with Gasteiger partial charge in [0.25, 0.3) is 0 Å². The quantitative estimate of drug-likeness (QED) is 0.519. The minimum atomic E-state index is 0.473. The van der Waals surface area contributed by atoms with Gasteiger partial charge in [0.2, 0.25) is 0 Å². The van der Waals surface area contributed by atoms with Crippen molar-refractivity contribution in [1.82, 2.24) is 0 Å². The first-order chi connectivity index (χ1) is 6.27. The maximum atomic E-state index is 5.27. The summed E-state index contributed by atoms with van der Waals surface area (Å²) in [5.74, 6) is 3.16. The summed E-state index contributed by atoms with van der Waals surface area (Å²) in [4.78, 5) is 1.30. The molecule has 1 unspecified atom stereocenters. The Labute approximate surface area is 84.7 Å². The van der Waals surface area contributed by atoms with E-state index in [1.807, 2.05) is 0 Å². The predicted molar refractivity (Wildman–Crippen MR) is 60.1 cm³/mol. The van der Waals surface area contributed by atoms with Gasteiger partial charge in [-0.3, -0.25) is 0 Å². The highest BCUT2D eigenvalue weighted by atomic mass is 32.2. The van der Waals surface area contributed by atoms with E-state index in [9.17, 15) is 0 Å². The van der Waals surface area contributed by atoms with Crippen LogP contribution >= 0.6 is 11.8 Å². The zero-order chi connectivity index (χ0) is 9.68. The van der Waals surface area contributed by atoms with Crippen molar-refractivity contribution >= 4 is 11.8 Å². The Kier molecular flexibility index (Phi) is 3.92. The molecule has 1 rings (SSSR count). The average molecular weight is 190 g/mol. The first kappa shape index (κ1) is 10.2. The smallest absolute Gasteiger partial charge is 0.0152 e. The summed E-state index contributed by atoms with van der Waals surface area (Å²) >= 11 is 1.76. The highest BCUT2D eigenvalue weighted by molar-refractivity contribution is 7.98. The Morgan fingerprint density at radius 3 is 2.46 bits per heavy atom. The molecular formula is C12H14S. The molecule has 0 aliphatic carbocycles. The maximum Gasteiger partial charge on any atom is 0.0152 e. The van der Waals surface area contributed by atoms with Crippen molar-refractivity contribution in [1.29, 1.82) is 0 Å². The molecule has 0 amide bonds. The lowest BCUT2D eigenvalue weighted by Gasteiger charge is -2.08. The molecule has 0 aromatic heterocycles. The molecule has 1 aromatic carbocycles. The third-order valence-electron chi connectivity index (χ3n) is 2.11. The van der Waals surface area contributed by atoms with Gasteiger partial charge in [-0.15, -0.1) is 24.1 Å². The van der Waals surface area contributed by atoms with E-state index in [0.29, 0.717) is 5.92 Å². The minimum Gasteiger partial charge on any atom is -0.130 e. The number of rotatable bonds is 3. The van der Waals surface area contributed by atoms with Gasteiger partial charge in [0, 0.05) is 11.3 Å². The molecule has 1 aromatic rings. The van der Waals surface area contributed by atoms with Crippen LogP contribution in [0.4, 0.5) is 0 Å². The Morgan fingerprint density at radius 2 is 2.00 bits per heavy atom. The SMILES string of the molecule is C#CCC(C)c1ccc(SC)cc1. The molecule has 0 fully saturated rings. The molecule has 0 saturated heterocycles. The highest BCUT2D eigenvalue weighted by Gasteiger charge is 2.02. The zero-order valence-electron chi connectivity index (χ0n) is 8.08. The molecule has 0 nitrogen and oxygen atoms in total.